The Labute approximate surface area is 111 Å². The van der Waals surface area contributed by atoms with Gasteiger partial charge in [-0.15, -0.1) is 0 Å². The molecular weight excluding hydrogens is 256 g/mol. The molecule has 5 unspecified atom stereocenters. The smallest absolute Gasteiger partial charge is 0.186 e. The van der Waals surface area contributed by atoms with Crippen molar-refractivity contribution in [3.8, 4) is 0 Å². The fourth-order valence-corrected chi connectivity index (χ4v) is 3.32. The minimum atomic E-state index is -0.259. The van der Waals surface area contributed by atoms with E-state index in [1.54, 1.807) is 6.92 Å². The fraction of sp³-hybridized carbons (Fsp3) is 0.917. The molecule has 2 heterocycles. The third-order valence-electron chi connectivity index (χ3n) is 3.05. The number of hydrogen-bond donors (Lipinski definition) is 0. The summed E-state index contributed by atoms with van der Waals surface area (Å²) in [6.45, 7) is 7.03. The van der Waals surface area contributed by atoms with Crippen molar-refractivity contribution in [3.05, 3.63) is 0 Å². The number of ether oxygens (including phenoxy) is 4. The molecule has 0 aromatic rings. The van der Waals surface area contributed by atoms with Crippen molar-refractivity contribution in [2.75, 3.05) is 19.8 Å². The average molecular weight is 276 g/mol. The Kier molecular flexibility index (Phi) is 5.03. The molecule has 2 rings (SSSR count). The van der Waals surface area contributed by atoms with Crippen molar-refractivity contribution in [2.24, 2.45) is 0 Å². The first-order valence-corrected chi connectivity index (χ1v) is 7.17. The van der Waals surface area contributed by atoms with E-state index >= 15 is 0 Å². The van der Waals surface area contributed by atoms with Crippen LogP contribution >= 0.6 is 11.8 Å². The first-order chi connectivity index (χ1) is 8.61. The molecule has 0 saturated carbocycles. The summed E-state index contributed by atoms with van der Waals surface area (Å²) >= 11 is 1.29. The molecule has 0 amide bonds. The molecule has 0 bridgehead atoms. The number of carbonyl (C=O) groups is 1. The van der Waals surface area contributed by atoms with Crippen LogP contribution in [-0.4, -0.2) is 54.8 Å². The second kappa shape index (κ2) is 6.34. The van der Waals surface area contributed by atoms with Crippen LogP contribution in [0, 0.1) is 0 Å². The summed E-state index contributed by atoms with van der Waals surface area (Å²) < 4.78 is 22.5. The highest BCUT2D eigenvalue weighted by molar-refractivity contribution is 8.14. The van der Waals surface area contributed by atoms with Gasteiger partial charge in [0, 0.05) is 13.5 Å². The SMILES string of the molecule is CCOC(C)OC1COC2C(SC(C)=O)COC12. The van der Waals surface area contributed by atoms with E-state index in [1.165, 1.54) is 11.8 Å². The Bertz CT molecular complexity index is 298. The van der Waals surface area contributed by atoms with E-state index in [-0.39, 0.29) is 35.0 Å². The van der Waals surface area contributed by atoms with E-state index in [0.717, 1.165) is 0 Å². The Morgan fingerprint density at radius 1 is 1.39 bits per heavy atom. The molecule has 2 saturated heterocycles. The summed E-state index contributed by atoms with van der Waals surface area (Å²) in [5, 5.41) is 0.184. The first-order valence-electron chi connectivity index (χ1n) is 6.29. The molecule has 6 heteroatoms. The summed E-state index contributed by atoms with van der Waals surface area (Å²) in [4.78, 5) is 11.1. The Morgan fingerprint density at radius 3 is 2.78 bits per heavy atom. The van der Waals surface area contributed by atoms with Crippen LogP contribution in [-0.2, 0) is 23.7 Å². The van der Waals surface area contributed by atoms with Crippen molar-refractivity contribution >= 4 is 16.9 Å². The average Bonchev–Trinajstić information content (AvgIpc) is 2.83. The molecule has 0 radical (unpaired) electrons. The summed E-state index contributed by atoms with van der Waals surface area (Å²) in [6.07, 6.45) is -0.484. The van der Waals surface area contributed by atoms with E-state index in [0.29, 0.717) is 19.8 Å². The zero-order chi connectivity index (χ0) is 13.1. The third-order valence-corrected chi connectivity index (χ3v) is 4.09. The lowest BCUT2D eigenvalue weighted by Crippen LogP contribution is -2.35. The van der Waals surface area contributed by atoms with Gasteiger partial charge in [-0.1, -0.05) is 11.8 Å². The molecule has 5 nitrogen and oxygen atoms in total. The van der Waals surface area contributed by atoms with E-state index in [2.05, 4.69) is 0 Å². The van der Waals surface area contributed by atoms with Crippen molar-refractivity contribution in [3.63, 3.8) is 0 Å². The van der Waals surface area contributed by atoms with Crippen LogP contribution in [0.25, 0.3) is 0 Å². The number of hydrogen-bond acceptors (Lipinski definition) is 6. The minimum Gasteiger partial charge on any atom is -0.371 e. The van der Waals surface area contributed by atoms with Crippen molar-refractivity contribution in [2.45, 2.75) is 50.6 Å². The molecule has 18 heavy (non-hydrogen) atoms. The summed E-state index contributed by atoms with van der Waals surface area (Å²) in [7, 11) is 0. The highest BCUT2D eigenvalue weighted by Gasteiger charge is 2.49. The van der Waals surface area contributed by atoms with Crippen molar-refractivity contribution < 1.29 is 23.7 Å². The lowest BCUT2D eigenvalue weighted by atomic mass is 10.1. The molecular formula is C12H20O5S. The predicted molar refractivity (Wildman–Crippen MR) is 67.5 cm³/mol. The molecule has 2 fully saturated rings. The van der Waals surface area contributed by atoms with E-state index < -0.39 is 0 Å². The standard InChI is InChI=1S/C12H20O5S/c1-4-14-8(3)17-9-5-15-12-10(18-7(2)13)6-16-11(9)12/h8-12H,4-6H2,1-3H3. The zero-order valence-corrected chi connectivity index (χ0v) is 11.8. The number of fused-ring (bicyclic) bond motifs is 1. The maximum Gasteiger partial charge on any atom is 0.186 e. The normalized spacial score (nSPS) is 36.6. The van der Waals surface area contributed by atoms with Crippen LogP contribution in [0.4, 0.5) is 0 Å². The lowest BCUT2D eigenvalue weighted by molar-refractivity contribution is -0.175. The van der Waals surface area contributed by atoms with Crippen LogP contribution in [0.2, 0.25) is 0 Å². The summed E-state index contributed by atoms with van der Waals surface area (Å²) in [6, 6.07) is 0. The van der Waals surface area contributed by atoms with Gasteiger partial charge in [0.25, 0.3) is 0 Å². The maximum absolute atomic E-state index is 11.1. The van der Waals surface area contributed by atoms with Crippen LogP contribution in [0.1, 0.15) is 20.8 Å². The molecule has 2 aliphatic heterocycles. The van der Waals surface area contributed by atoms with Gasteiger partial charge >= 0.3 is 0 Å². The van der Waals surface area contributed by atoms with Crippen molar-refractivity contribution in [1.82, 2.24) is 0 Å². The Balaban J connectivity index is 1.86. The number of thioether (sulfide) groups is 1. The lowest BCUT2D eigenvalue weighted by Gasteiger charge is -2.21. The predicted octanol–water partition coefficient (Wildman–Crippen LogP) is 1.20. The van der Waals surface area contributed by atoms with E-state index in [1.807, 2.05) is 13.8 Å². The molecule has 0 spiro atoms. The molecule has 0 N–H and O–H groups in total. The van der Waals surface area contributed by atoms with Gasteiger partial charge in [-0.25, -0.2) is 0 Å². The first kappa shape index (κ1) is 14.3. The number of rotatable bonds is 5. The van der Waals surface area contributed by atoms with E-state index in [9.17, 15) is 4.79 Å². The van der Waals surface area contributed by atoms with Crippen LogP contribution in [0.5, 0.6) is 0 Å². The number of carbonyl (C=O) groups excluding carboxylic acids is 1. The maximum atomic E-state index is 11.1. The molecule has 5 atom stereocenters. The fourth-order valence-electron chi connectivity index (χ4n) is 2.38. The van der Waals surface area contributed by atoms with Gasteiger partial charge in [0.1, 0.15) is 18.3 Å². The van der Waals surface area contributed by atoms with Gasteiger partial charge in [-0.05, 0) is 13.8 Å². The molecule has 0 aliphatic carbocycles. The minimum absolute atomic E-state index is 0.0438. The van der Waals surface area contributed by atoms with Gasteiger partial charge in [0.15, 0.2) is 11.4 Å². The van der Waals surface area contributed by atoms with E-state index in [4.69, 9.17) is 18.9 Å². The summed E-state index contributed by atoms with van der Waals surface area (Å²) in [5.74, 6) is 0. The van der Waals surface area contributed by atoms with Gasteiger partial charge in [0.05, 0.1) is 18.5 Å². The quantitative estimate of drug-likeness (QED) is 0.703. The van der Waals surface area contributed by atoms with Gasteiger partial charge in [0.2, 0.25) is 0 Å². The third kappa shape index (κ3) is 3.24. The second-order valence-corrected chi connectivity index (χ2v) is 5.86. The molecule has 104 valence electrons. The van der Waals surface area contributed by atoms with Gasteiger partial charge < -0.3 is 18.9 Å². The largest absolute Gasteiger partial charge is 0.371 e. The highest BCUT2D eigenvalue weighted by atomic mass is 32.2. The molecule has 0 aromatic carbocycles. The topological polar surface area (TPSA) is 54.0 Å². The Morgan fingerprint density at radius 2 is 2.11 bits per heavy atom. The highest BCUT2D eigenvalue weighted by Crippen LogP contribution is 2.35. The Hall–Kier alpha value is -0.140. The van der Waals surface area contributed by atoms with Crippen LogP contribution < -0.4 is 0 Å². The van der Waals surface area contributed by atoms with Crippen LogP contribution in [0.3, 0.4) is 0 Å². The van der Waals surface area contributed by atoms with Crippen LogP contribution in [0.15, 0.2) is 0 Å². The molecule has 2 aliphatic rings. The zero-order valence-electron chi connectivity index (χ0n) is 11.0. The monoisotopic (exact) mass is 276 g/mol. The molecule has 0 aromatic heterocycles. The second-order valence-electron chi connectivity index (χ2n) is 4.44. The van der Waals surface area contributed by atoms with Gasteiger partial charge in [-0.2, -0.15) is 0 Å². The van der Waals surface area contributed by atoms with Gasteiger partial charge in [-0.3, -0.25) is 4.79 Å². The van der Waals surface area contributed by atoms with Crippen molar-refractivity contribution in [1.29, 1.82) is 0 Å². The summed E-state index contributed by atoms with van der Waals surface area (Å²) in [5.41, 5.74) is 0.